The van der Waals surface area contributed by atoms with Gasteiger partial charge in [-0.05, 0) is 37.3 Å². The Labute approximate surface area is 79.6 Å². The van der Waals surface area contributed by atoms with Crippen LogP contribution in [0.15, 0.2) is 24.5 Å². The van der Waals surface area contributed by atoms with Crippen molar-refractivity contribution in [2.24, 2.45) is 5.92 Å². The van der Waals surface area contributed by atoms with Crippen LogP contribution in [0.3, 0.4) is 0 Å². The summed E-state index contributed by atoms with van der Waals surface area (Å²) in [5.41, 5.74) is 1.25. The Bertz CT molecular complexity index is 233. The van der Waals surface area contributed by atoms with Crippen molar-refractivity contribution in [3.63, 3.8) is 0 Å². The smallest absolute Gasteiger partial charge is 0.0514 e. The topological polar surface area (TPSA) is 33.1 Å². The van der Waals surface area contributed by atoms with Gasteiger partial charge >= 0.3 is 0 Å². The first-order valence-corrected chi connectivity index (χ1v) is 4.75. The lowest BCUT2D eigenvalue weighted by Gasteiger charge is -2.12. The lowest BCUT2D eigenvalue weighted by Crippen LogP contribution is -2.09. The highest BCUT2D eigenvalue weighted by molar-refractivity contribution is 5.08. The van der Waals surface area contributed by atoms with Crippen molar-refractivity contribution in [1.29, 1.82) is 0 Å². The number of nitrogens with zero attached hydrogens (tertiary/aromatic N) is 1. The van der Waals surface area contributed by atoms with E-state index < -0.39 is 0 Å². The standard InChI is InChI=1S/C11H17NO/c1-9(6-10(2)13)7-11-4-3-5-12-8-11/h3-5,8-10,13H,6-7H2,1-2H3. The van der Waals surface area contributed by atoms with E-state index in [1.807, 2.05) is 19.2 Å². The lowest BCUT2D eigenvalue weighted by atomic mass is 9.97. The number of hydrogen-bond acceptors (Lipinski definition) is 2. The van der Waals surface area contributed by atoms with E-state index in [2.05, 4.69) is 18.0 Å². The van der Waals surface area contributed by atoms with Crippen molar-refractivity contribution in [2.45, 2.75) is 32.8 Å². The molecule has 0 aliphatic heterocycles. The fraction of sp³-hybridized carbons (Fsp3) is 0.545. The summed E-state index contributed by atoms with van der Waals surface area (Å²) in [7, 11) is 0. The van der Waals surface area contributed by atoms with Crippen LogP contribution in [0.1, 0.15) is 25.8 Å². The molecule has 0 fully saturated rings. The second kappa shape index (κ2) is 4.97. The van der Waals surface area contributed by atoms with Gasteiger partial charge in [0.15, 0.2) is 0 Å². The van der Waals surface area contributed by atoms with Gasteiger partial charge in [0.2, 0.25) is 0 Å². The molecule has 0 saturated heterocycles. The Morgan fingerprint density at radius 3 is 2.77 bits per heavy atom. The summed E-state index contributed by atoms with van der Waals surface area (Å²) in [5.74, 6) is 0.518. The van der Waals surface area contributed by atoms with Gasteiger partial charge in [0, 0.05) is 12.4 Å². The fourth-order valence-electron chi connectivity index (χ4n) is 1.59. The van der Waals surface area contributed by atoms with Crippen LogP contribution in [-0.2, 0) is 6.42 Å². The summed E-state index contributed by atoms with van der Waals surface area (Å²) >= 11 is 0. The Kier molecular flexibility index (Phi) is 3.90. The van der Waals surface area contributed by atoms with Gasteiger partial charge < -0.3 is 5.11 Å². The predicted molar refractivity (Wildman–Crippen MR) is 53.4 cm³/mol. The predicted octanol–water partition coefficient (Wildman–Crippen LogP) is 2.03. The number of aliphatic hydroxyl groups excluding tert-OH is 1. The van der Waals surface area contributed by atoms with Crippen molar-refractivity contribution in [1.82, 2.24) is 4.98 Å². The molecule has 0 radical (unpaired) electrons. The molecule has 2 atom stereocenters. The van der Waals surface area contributed by atoms with Crippen LogP contribution >= 0.6 is 0 Å². The van der Waals surface area contributed by atoms with E-state index in [-0.39, 0.29) is 6.10 Å². The number of rotatable bonds is 4. The Hall–Kier alpha value is -0.890. The maximum Gasteiger partial charge on any atom is 0.0514 e. The minimum absolute atomic E-state index is 0.202. The van der Waals surface area contributed by atoms with Gasteiger partial charge in [-0.1, -0.05) is 13.0 Å². The van der Waals surface area contributed by atoms with E-state index in [0.29, 0.717) is 5.92 Å². The molecule has 0 amide bonds. The first-order valence-electron chi connectivity index (χ1n) is 4.75. The Balaban J connectivity index is 2.41. The molecule has 2 nitrogen and oxygen atoms in total. The third kappa shape index (κ3) is 4.04. The highest BCUT2D eigenvalue weighted by atomic mass is 16.3. The van der Waals surface area contributed by atoms with Crippen molar-refractivity contribution < 1.29 is 5.11 Å². The zero-order chi connectivity index (χ0) is 9.68. The van der Waals surface area contributed by atoms with E-state index in [1.54, 1.807) is 6.20 Å². The van der Waals surface area contributed by atoms with Gasteiger partial charge in [-0.3, -0.25) is 4.98 Å². The number of aromatic nitrogens is 1. The zero-order valence-electron chi connectivity index (χ0n) is 8.27. The lowest BCUT2D eigenvalue weighted by molar-refractivity contribution is 0.164. The molecule has 1 rings (SSSR count). The molecule has 1 heterocycles. The van der Waals surface area contributed by atoms with Crippen LogP contribution < -0.4 is 0 Å². The van der Waals surface area contributed by atoms with Crippen LogP contribution in [0.25, 0.3) is 0 Å². The summed E-state index contributed by atoms with van der Waals surface area (Å²) in [6, 6.07) is 4.02. The van der Waals surface area contributed by atoms with Crippen molar-refractivity contribution in [2.75, 3.05) is 0 Å². The van der Waals surface area contributed by atoms with E-state index in [1.165, 1.54) is 5.56 Å². The largest absolute Gasteiger partial charge is 0.393 e. The summed E-state index contributed by atoms with van der Waals surface area (Å²) < 4.78 is 0. The van der Waals surface area contributed by atoms with Gasteiger partial charge in [-0.15, -0.1) is 0 Å². The molecule has 0 aromatic carbocycles. The first kappa shape index (κ1) is 10.2. The second-order valence-corrected chi connectivity index (χ2v) is 3.76. The zero-order valence-corrected chi connectivity index (χ0v) is 8.27. The molecule has 13 heavy (non-hydrogen) atoms. The number of hydrogen-bond donors (Lipinski definition) is 1. The van der Waals surface area contributed by atoms with Crippen molar-refractivity contribution in [3.05, 3.63) is 30.1 Å². The third-order valence-electron chi connectivity index (χ3n) is 2.05. The molecule has 0 bridgehead atoms. The van der Waals surface area contributed by atoms with E-state index in [9.17, 15) is 5.11 Å². The number of aliphatic hydroxyl groups is 1. The average Bonchev–Trinajstić information content (AvgIpc) is 2.04. The Morgan fingerprint density at radius 1 is 1.46 bits per heavy atom. The summed E-state index contributed by atoms with van der Waals surface area (Å²) in [6.07, 6.45) is 5.32. The summed E-state index contributed by atoms with van der Waals surface area (Å²) in [5, 5.41) is 9.19. The monoisotopic (exact) mass is 179 g/mol. The highest BCUT2D eigenvalue weighted by Gasteiger charge is 2.06. The van der Waals surface area contributed by atoms with Crippen molar-refractivity contribution in [3.8, 4) is 0 Å². The quantitative estimate of drug-likeness (QED) is 0.767. The molecule has 2 unspecified atom stereocenters. The molecule has 72 valence electrons. The van der Waals surface area contributed by atoms with Gasteiger partial charge in [-0.25, -0.2) is 0 Å². The first-order chi connectivity index (χ1) is 6.18. The fourth-order valence-corrected chi connectivity index (χ4v) is 1.59. The van der Waals surface area contributed by atoms with Crippen molar-refractivity contribution >= 4 is 0 Å². The van der Waals surface area contributed by atoms with Crippen LogP contribution in [0.2, 0.25) is 0 Å². The Morgan fingerprint density at radius 2 is 2.23 bits per heavy atom. The van der Waals surface area contributed by atoms with Crippen LogP contribution in [0.5, 0.6) is 0 Å². The molecule has 2 heteroatoms. The van der Waals surface area contributed by atoms with Gasteiger partial charge in [0.05, 0.1) is 6.10 Å². The highest BCUT2D eigenvalue weighted by Crippen LogP contribution is 2.12. The minimum atomic E-state index is -0.202. The molecule has 0 saturated carbocycles. The van der Waals surface area contributed by atoms with Gasteiger partial charge in [0.1, 0.15) is 0 Å². The molecule has 1 aromatic rings. The maximum absolute atomic E-state index is 9.19. The van der Waals surface area contributed by atoms with Crippen LogP contribution in [0, 0.1) is 5.92 Å². The molecular formula is C11H17NO. The van der Waals surface area contributed by atoms with Crippen LogP contribution in [0.4, 0.5) is 0 Å². The average molecular weight is 179 g/mol. The summed E-state index contributed by atoms with van der Waals surface area (Å²) in [6.45, 7) is 3.99. The molecule has 1 aromatic heterocycles. The van der Waals surface area contributed by atoms with E-state index in [4.69, 9.17) is 0 Å². The van der Waals surface area contributed by atoms with Gasteiger partial charge in [-0.2, -0.15) is 0 Å². The SMILES string of the molecule is CC(O)CC(C)Cc1cccnc1. The van der Waals surface area contributed by atoms with Gasteiger partial charge in [0.25, 0.3) is 0 Å². The minimum Gasteiger partial charge on any atom is -0.393 e. The third-order valence-corrected chi connectivity index (χ3v) is 2.05. The molecule has 0 spiro atoms. The van der Waals surface area contributed by atoms with E-state index in [0.717, 1.165) is 12.8 Å². The molecule has 0 aliphatic rings. The molecule has 1 N–H and O–H groups in total. The maximum atomic E-state index is 9.19. The molecular weight excluding hydrogens is 162 g/mol. The van der Waals surface area contributed by atoms with E-state index >= 15 is 0 Å². The number of pyridine rings is 1. The summed E-state index contributed by atoms with van der Waals surface area (Å²) in [4.78, 5) is 4.05. The normalized spacial score (nSPS) is 15.3. The second-order valence-electron chi connectivity index (χ2n) is 3.76. The van der Waals surface area contributed by atoms with Crippen LogP contribution in [-0.4, -0.2) is 16.2 Å². The molecule has 0 aliphatic carbocycles.